The number of aromatic hydroxyl groups is 1. The molecule has 8 nitrogen and oxygen atoms in total. The highest BCUT2D eigenvalue weighted by atomic mass is 127. The number of phenolic OH excluding ortho intramolecular Hbond substituents is 1. The number of hydrogen-bond acceptors (Lipinski definition) is 6. The Morgan fingerprint density at radius 3 is 2.23 bits per heavy atom. The number of benzene rings is 3. The molecule has 1 N–H and O–H groups in total. The third kappa shape index (κ3) is 3.86. The van der Waals surface area contributed by atoms with Crippen molar-refractivity contribution in [2.75, 3.05) is 16.9 Å². The zero-order chi connectivity index (χ0) is 30.2. The van der Waals surface area contributed by atoms with E-state index < -0.39 is 35.0 Å². The van der Waals surface area contributed by atoms with E-state index in [2.05, 4.69) is 22.6 Å². The number of nitrogens with zero attached hydrogens (tertiary/aromatic N) is 2. The Kier molecular flexibility index (Phi) is 6.50. The van der Waals surface area contributed by atoms with Crippen LogP contribution >= 0.6 is 22.6 Å². The predicted octanol–water partition coefficient (Wildman–Crippen LogP) is 5.44. The van der Waals surface area contributed by atoms with Crippen molar-refractivity contribution in [1.82, 2.24) is 0 Å². The van der Waals surface area contributed by atoms with Gasteiger partial charge in [-0.05, 0) is 90.7 Å². The lowest BCUT2D eigenvalue weighted by molar-refractivity contribution is -0.131. The third-order valence-corrected chi connectivity index (χ3v) is 10.7. The van der Waals surface area contributed by atoms with E-state index in [4.69, 9.17) is 4.74 Å². The van der Waals surface area contributed by atoms with Crippen LogP contribution < -0.4 is 14.5 Å². The second-order valence-corrected chi connectivity index (χ2v) is 13.1. The normalized spacial score (nSPS) is 29.7. The Balaban J connectivity index is 1.39. The third-order valence-electron chi connectivity index (χ3n) is 9.94. The summed E-state index contributed by atoms with van der Waals surface area (Å²) in [7, 11) is 1.46. The van der Waals surface area contributed by atoms with Crippen molar-refractivity contribution in [3.63, 3.8) is 0 Å². The van der Waals surface area contributed by atoms with Crippen LogP contribution in [0, 0.1) is 32.7 Å². The van der Waals surface area contributed by atoms with E-state index in [0.29, 0.717) is 23.4 Å². The van der Waals surface area contributed by atoms with Crippen molar-refractivity contribution in [1.29, 1.82) is 0 Å². The molecule has 2 heterocycles. The van der Waals surface area contributed by atoms with Crippen LogP contribution in [-0.2, 0) is 19.2 Å². The van der Waals surface area contributed by atoms with Crippen LogP contribution in [0.5, 0.6) is 11.5 Å². The largest absolute Gasteiger partial charge is 0.504 e. The molecule has 2 aliphatic heterocycles. The van der Waals surface area contributed by atoms with Gasteiger partial charge < -0.3 is 9.84 Å². The smallest absolute Gasteiger partial charge is 0.241 e. The van der Waals surface area contributed by atoms with Crippen LogP contribution in [0.4, 0.5) is 11.4 Å². The maximum Gasteiger partial charge on any atom is 0.241 e. The lowest BCUT2D eigenvalue weighted by atomic mass is 9.51. The standard InChI is InChI=1S/C34H29IN2O6/c1-34-25(31(40)37(33(34)42)19-7-4-3-5-8-19)17-24-21(28(34)23-9-6-10-26(43-2)29(23)38)15-16-22-27(24)32(41)36(30(22)39)20-13-11-18(35)12-14-20/h3-15,22,24-25,27-28,38H,16-17H2,1-2H3. The Bertz CT molecular complexity index is 1720. The first-order valence-corrected chi connectivity index (χ1v) is 15.4. The van der Waals surface area contributed by atoms with Gasteiger partial charge in [-0.15, -0.1) is 0 Å². The molecule has 43 heavy (non-hydrogen) atoms. The molecule has 0 bridgehead atoms. The second kappa shape index (κ2) is 10.0. The number of anilines is 2. The topological polar surface area (TPSA) is 104 Å². The van der Waals surface area contributed by atoms with Gasteiger partial charge in [-0.3, -0.25) is 24.1 Å². The molecule has 6 atom stereocenters. The second-order valence-electron chi connectivity index (χ2n) is 11.9. The molecule has 2 saturated heterocycles. The van der Waals surface area contributed by atoms with Crippen LogP contribution in [0.15, 0.2) is 84.4 Å². The Morgan fingerprint density at radius 1 is 0.837 bits per heavy atom. The number of hydrogen-bond donors (Lipinski definition) is 1. The summed E-state index contributed by atoms with van der Waals surface area (Å²) in [6.07, 6.45) is 2.55. The lowest BCUT2D eigenvalue weighted by Crippen LogP contribution is -2.48. The molecule has 0 aromatic heterocycles. The zero-order valence-corrected chi connectivity index (χ0v) is 25.7. The number of fused-ring (bicyclic) bond motifs is 4. The molecule has 3 aromatic carbocycles. The van der Waals surface area contributed by atoms with Crippen molar-refractivity contribution in [2.24, 2.45) is 29.1 Å². The monoisotopic (exact) mass is 688 g/mol. The number of imide groups is 2. The zero-order valence-electron chi connectivity index (χ0n) is 23.6. The molecule has 3 aromatic rings. The van der Waals surface area contributed by atoms with E-state index in [1.165, 1.54) is 16.9 Å². The van der Waals surface area contributed by atoms with E-state index in [9.17, 15) is 24.3 Å². The number of carbonyl (C=O) groups excluding carboxylic acids is 4. The minimum absolute atomic E-state index is 0.105. The average molecular weight is 689 g/mol. The highest BCUT2D eigenvalue weighted by Gasteiger charge is 2.68. The van der Waals surface area contributed by atoms with Crippen LogP contribution in [0.1, 0.15) is 31.2 Å². The summed E-state index contributed by atoms with van der Waals surface area (Å²) >= 11 is 2.18. The first-order chi connectivity index (χ1) is 20.7. The van der Waals surface area contributed by atoms with Crippen LogP contribution in [0.3, 0.4) is 0 Å². The number of halogens is 1. The Hall–Kier alpha value is -3.99. The van der Waals surface area contributed by atoms with Gasteiger partial charge in [-0.2, -0.15) is 0 Å². The maximum absolute atomic E-state index is 14.4. The van der Waals surface area contributed by atoms with E-state index in [1.807, 2.05) is 24.3 Å². The lowest BCUT2D eigenvalue weighted by Gasteiger charge is -2.49. The average Bonchev–Trinajstić information content (AvgIpc) is 3.38. The summed E-state index contributed by atoms with van der Waals surface area (Å²) in [5.41, 5.74) is 1.03. The number of rotatable bonds is 4. The van der Waals surface area contributed by atoms with Gasteiger partial charge >= 0.3 is 0 Å². The highest BCUT2D eigenvalue weighted by Crippen LogP contribution is 2.64. The van der Waals surface area contributed by atoms with Crippen molar-refractivity contribution in [2.45, 2.75) is 25.7 Å². The Morgan fingerprint density at radius 2 is 1.53 bits per heavy atom. The summed E-state index contributed by atoms with van der Waals surface area (Å²) in [5.74, 6) is -4.28. The van der Waals surface area contributed by atoms with Gasteiger partial charge in [0.2, 0.25) is 23.6 Å². The van der Waals surface area contributed by atoms with Gasteiger partial charge in [-0.25, -0.2) is 4.90 Å². The van der Waals surface area contributed by atoms with Gasteiger partial charge in [0.25, 0.3) is 0 Å². The number of ether oxygens (including phenoxy) is 1. The highest BCUT2D eigenvalue weighted by molar-refractivity contribution is 14.1. The molecule has 0 radical (unpaired) electrons. The van der Waals surface area contributed by atoms with Crippen molar-refractivity contribution in [3.05, 3.63) is 93.6 Å². The minimum atomic E-state index is -1.24. The number of methoxy groups -OCH3 is 1. The van der Waals surface area contributed by atoms with Gasteiger partial charge in [0.05, 0.1) is 41.7 Å². The summed E-state index contributed by atoms with van der Waals surface area (Å²) in [4.78, 5) is 59.1. The van der Waals surface area contributed by atoms with Crippen LogP contribution in [-0.4, -0.2) is 35.8 Å². The van der Waals surface area contributed by atoms with Crippen LogP contribution in [0.2, 0.25) is 0 Å². The summed E-state index contributed by atoms with van der Waals surface area (Å²) in [6, 6.07) is 21.2. The summed E-state index contributed by atoms with van der Waals surface area (Å²) in [5, 5.41) is 11.4. The SMILES string of the molecule is COc1cccc(C2C3=CCC4C(=O)N(c5ccc(I)cc5)C(=O)C4C3CC3C(=O)N(c4ccccc4)C(=O)C32C)c1O. The molecule has 2 aliphatic carbocycles. The predicted molar refractivity (Wildman–Crippen MR) is 167 cm³/mol. The molecule has 4 aliphatic rings. The van der Waals surface area contributed by atoms with Gasteiger partial charge in [0, 0.05) is 15.1 Å². The first-order valence-electron chi connectivity index (χ1n) is 14.3. The van der Waals surface area contributed by atoms with Gasteiger partial charge in [0.1, 0.15) is 0 Å². The first kappa shape index (κ1) is 27.8. The van der Waals surface area contributed by atoms with Crippen molar-refractivity contribution in [3.8, 4) is 11.5 Å². The van der Waals surface area contributed by atoms with Gasteiger partial charge in [-0.1, -0.05) is 42.0 Å². The fraction of sp³-hybridized carbons (Fsp3) is 0.294. The number of amides is 4. The van der Waals surface area contributed by atoms with Gasteiger partial charge in [0.15, 0.2) is 11.5 Å². The summed E-state index contributed by atoms with van der Waals surface area (Å²) in [6.45, 7) is 1.80. The number of para-hydroxylation sites is 2. The van der Waals surface area contributed by atoms with Crippen molar-refractivity contribution >= 4 is 57.6 Å². The molecule has 1 saturated carbocycles. The van der Waals surface area contributed by atoms with E-state index in [1.54, 1.807) is 61.5 Å². The molecular formula is C34H29IN2O6. The maximum atomic E-state index is 14.4. The molecule has 9 heteroatoms. The van der Waals surface area contributed by atoms with Crippen molar-refractivity contribution < 1.29 is 29.0 Å². The fourth-order valence-corrected chi connectivity index (χ4v) is 8.32. The molecular weight excluding hydrogens is 659 g/mol. The Labute approximate surface area is 262 Å². The number of allylic oxidation sites excluding steroid dienone is 2. The molecule has 7 rings (SSSR count). The fourth-order valence-electron chi connectivity index (χ4n) is 7.96. The summed E-state index contributed by atoms with van der Waals surface area (Å²) < 4.78 is 6.42. The molecule has 3 fully saturated rings. The van der Waals surface area contributed by atoms with E-state index >= 15 is 0 Å². The minimum Gasteiger partial charge on any atom is -0.504 e. The molecule has 218 valence electrons. The molecule has 0 spiro atoms. The van der Waals surface area contributed by atoms with Crippen LogP contribution in [0.25, 0.3) is 0 Å². The number of carbonyl (C=O) groups is 4. The quantitative estimate of drug-likeness (QED) is 0.223. The van der Waals surface area contributed by atoms with E-state index in [-0.39, 0.29) is 41.5 Å². The molecule has 6 unspecified atom stereocenters. The van der Waals surface area contributed by atoms with E-state index in [0.717, 1.165) is 9.14 Å². The molecule has 4 amide bonds. The number of phenols is 1.